The van der Waals surface area contributed by atoms with Crippen LogP contribution in [-0.4, -0.2) is 25.9 Å². The predicted molar refractivity (Wildman–Crippen MR) is 40.0 cm³/mol. The number of hydrogen-bond donors (Lipinski definition) is 0. The Morgan fingerprint density at radius 2 is 2.20 bits per heavy atom. The molecule has 1 saturated heterocycles. The van der Waals surface area contributed by atoms with Crippen LogP contribution in [-0.2, 0) is 9.47 Å². The Labute approximate surface area is 62.5 Å². The van der Waals surface area contributed by atoms with Crippen molar-refractivity contribution in [3.63, 3.8) is 0 Å². The summed E-state index contributed by atoms with van der Waals surface area (Å²) in [7, 11) is 0. The van der Waals surface area contributed by atoms with Crippen molar-refractivity contribution in [2.45, 2.75) is 26.4 Å². The van der Waals surface area contributed by atoms with Gasteiger partial charge in [0.15, 0.2) is 0 Å². The van der Waals surface area contributed by atoms with E-state index in [2.05, 4.69) is 13.8 Å². The van der Waals surface area contributed by atoms with E-state index in [0.29, 0.717) is 6.10 Å². The Balaban J connectivity index is 1.85. The molecule has 1 aliphatic heterocycles. The lowest BCUT2D eigenvalue weighted by Crippen LogP contribution is -2.36. The van der Waals surface area contributed by atoms with Gasteiger partial charge < -0.3 is 9.47 Å². The first-order valence-electron chi connectivity index (χ1n) is 3.98. The van der Waals surface area contributed by atoms with E-state index in [1.807, 2.05) is 0 Å². The fraction of sp³-hybridized carbons (Fsp3) is 1.00. The summed E-state index contributed by atoms with van der Waals surface area (Å²) in [6.07, 6.45) is 1.56. The molecule has 0 N–H and O–H groups in total. The standard InChI is InChI=1S/C8H16O2/c1-7(2)3-4-10-8-5-9-6-8/h7-8H,3-6H2,1-2H3. The molecule has 0 aromatic rings. The van der Waals surface area contributed by atoms with Gasteiger partial charge in [-0.1, -0.05) is 13.8 Å². The molecule has 0 unspecified atom stereocenters. The highest BCUT2D eigenvalue weighted by molar-refractivity contribution is 4.63. The summed E-state index contributed by atoms with van der Waals surface area (Å²) in [5, 5.41) is 0. The molecule has 2 heteroatoms. The van der Waals surface area contributed by atoms with Gasteiger partial charge in [0.2, 0.25) is 0 Å². The molecule has 0 bridgehead atoms. The van der Waals surface area contributed by atoms with Crippen LogP contribution in [0.1, 0.15) is 20.3 Å². The van der Waals surface area contributed by atoms with Crippen molar-refractivity contribution in [2.24, 2.45) is 5.92 Å². The maximum absolute atomic E-state index is 5.46. The summed E-state index contributed by atoms with van der Waals surface area (Å²) in [5.74, 6) is 0.751. The third-order valence-electron chi connectivity index (χ3n) is 1.66. The van der Waals surface area contributed by atoms with Gasteiger partial charge in [0, 0.05) is 6.61 Å². The first-order valence-corrected chi connectivity index (χ1v) is 3.98. The molecular formula is C8H16O2. The van der Waals surface area contributed by atoms with Crippen LogP contribution in [0.25, 0.3) is 0 Å². The van der Waals surface area contributed by atoms with Crippen LogP contribution in [0, 0.1) is 5.92 Å². The molecule has 0 spiro atoms. The molecule has 0 amide bonds. The molecule has 60 valence electrons. The smallest absolute Gasteiger partial charge is 0.104 e. The number of ether oxygens (including phenoxy) is 2. The molecule has 10 heavy (non-hydrogen) atoms. The van der Waals surface area contributed by atoms with E-state index in [1.54, 1.807) is 0 Å². The van der Waals surface area contributed by atoms with E-state index in [4.69, 9.17) is 9.47 Å². The largest absolute Gasteiger partial charge is 0.376 e. The van der Waals surface area contributed by atoms with Crippen molar-refractivity contribution in [1.29, 1.82) is 0 Å². The van der Waals surface area contributed by atoms with Crippen molar-refractivity contribution in [3.8, 4) is 0 Å². The Kier molecular flexibility index (Phi) is 3.16. The quantitative estimate of drug-likeness (QED) is 0.594. The lowest BCUT2D eigenvalue weighted by Gasteiger charge is -2.26. The second-order valence-electron chi connectivity index (χ2n) is 3.21. The molecule has 0 aromatic carbocycles. The van der Waals surface area contributed by atoms with E-state index >= 15 is 0 Å². The Morgan fingerprint density at radius 3 is 2.60 bits per heavy atom. The van der Waals surface area contributed by atoms with Gasteiger partial charge in [-0.15, -0.1) is 0 Å². The monoisotopic (exact) mass is 144 g/mol. The van der Waals surface area contributed by atoms with E-state index in [-0.39, 0.29) is 0 Å². The molecule has 0 aromatic heterocycles. The molecule has 1 heterocycles. The van der Waals surface area contributed by atoms with Crippen molar-refractivity contribution in [3.05, 3.63) is 0 Å². The fourth-order valence-electron chi connectivity index (χ4n) is 0.781. The minimum absolute atomic E-state index is 0.402. The van der Waals surface area contributed by atoms with Crippen LogP contribution < -0.4 is 0 Å². The third kappa shape index (κ3) is 2.67. The summed E-state index contributed by atoms with van der Waals surface area (Å²) < 4.78 is 10.4. The normalized spacial score (nSPS) is 19.5. The average Bonchev–Trinajstić information content (AvgIpc) is 1.75. The molecular weight excluding hydrogens is 128 g/mol. The highest BCUT2D eigenvalue weighted by atomic mass is 16.6. The maximum Gasteiger partial charge on any atom is 0.104 e. The van der Waals surface area contributed by atoms with Crippen molar-refractivity contribution >= 4 is 0 Å². The minimum Gasteiger partial charge on any atom is -0.376 e. The van der Waals surface area contributed by atoms with Gasteiger partial charge in [-0.2, -0.15) is 0 Å². The number of rotatable bonds is 4. The van der Waals surface area contributed by atoms with Gasteiger partial charge in [-0.05, 0) is 12.3 Å². The van der Waals surface area contributed by atoms with Crippen LogP contribution >= 0.6 is 0 Å². The summed E-state index contributed by atoms with van der Waals surface area (Å²) >= 11 is 0. The van der Waals surface area contributed by atoms with Gasteiger partial charge in [0.25, 0.3) is 0 Å². The zero-order valence-corrected chi connectivity index (χ0v) is 6.80. The summed E-state index contributed by atoms with van der Waals surface area (Å²) in [6.45, 7) is 6.92. The van der Waals surface area contributed by atoms with Gasteiger partial charge >= 0.3 is 0 Å². The van der Waals surface area contributed by atoms with Crippen LogP contribution in [0.4, 0.5) is 0 Å². The predicted octanol–water partition coefficient (Wildman–Crippen LogP) is 1.45. The highest BCUT2D eigenvalue weighted by Crippen LogP contribution is 2.07. The Hall–Kier alpha value is -0.0800. The SMILES string of the molecule is CC(C)CCOC1COC1. The lowest BCUT2D eigenvalue weighted by atomic mass is 10.1. The van der Waals surface area contributed by atoms with Crippen LogP contribution in [0.2, 0.25) is 0 Å². The first-order chi connectivity index (χ1) is 4.79. The van der Waals surface area contributed by atoms with Gasteiger partial charge in [-0.25, -0.2) is 0 Å². The molecule has 0 aliphatic carbocycles. The summed E-state index contributed by atoms with van der Waals surface area (Å²) in [5.41, 5.74) is 0. The van der Waals surface area contributed by atoms with E-state index < -0.39 is 0 Å². The molecule has 1 rings (SSSR count). The molecule has 2 nitrogen and oxygen atoms in total. The topological polar surface area (TPSA) is 18.5 Å². The van der Waals surface area contributed by atoms with E-state index in [0.717, 1.165) is 32.2 Å². The van der Waals surface area contributed by atoms with Gasteiger partial charge in [0.1, 0.15) is 6.10 Å². The van der Waals surface area contributed by atoms with Gasteiger partial charge in [0.05, 0.1) is 13.2 Å². The second kappa shape index (κ2) is 3.94. The molecule has 0 atom stereocenters. The average molecular weight is 144 g/mol. The molecule has 1 aliphatic rings. The van der Waals surface area contributed by atoms with Crippen LogP contribution in [0.5, 0.6) is 0 Å². The summed E-state index contributed by atoms with van der Waals surface area (Å²) in [4.78, 5) is 0. The van der Waals surface area contributed by atoms with Crippen LogP contribution in [0.15, 0.2) is 0 Å². The van der Waals surface area contributed by atoms with Crippen LogP contribution in [0.3, 0.4) is 0 Å². The van der Waals surface area contributed by atoms with Crippen molar-refractivity contribution in [2.75, 3.05) is 19.8 Å². The third-order valence-corrected chi connectivity index (χ3v) is 1.66. The molecule has 0 saturated carbocycles. The first kappa shape index (κ1) is 8.02. The Bertz CT molecular complexity index is 87.3. The number of hydrogen-bond acceptors (Lipinski definition) is 2. The summed E-state index contributed by atoms with van der Waals surface area (Å²) in [6, 6.07) is 0. The molecule has 1 fully saturated rings. The second-order valence-corrected chi connectivity index (χ2v) is 3.21. The van der Waals surface area contributed by atoms with Crippen molar-refractivity contribution in [1.82, 2.24) is 0 Å². The maximum atomic E-state index is 5.46. The molecule has 0 radical (unpaired) electrons. The minimum atomic E-state index is 0.402. The zero-order valence-electron chi connectivity index (χ0n) is 6.80. The van der Waals surface area contributed by atoms with E-state index in [9.17, 15) is 0 Å². The van der Waals surface area contributed by atoms with E-state index in [1.165, 1.54) is 0 Å². The van der Waals surface area contributed by atoms with Gasteiger partial charge in [-0.3, -0.25) is 0 Å². The van der Waals surface area contributed by atoms with Crippen molar-refractivity contribution < 1.29 is 9.47 Å². The highest BCUT2D eigenvalue weighted by Gasteiger charge is 2.18. The fourth-order valence-corrected chi connectivity index (χ4v) is 0.781. The zero-order chi connectivity index (χ0) is 7.40. The lowest BCUT2D eigenvalue weighted by molar-refractivity contribution is -0.130. The Morgan fingerprint density at radius 1 is 1.50 bits per heavy atom.